The van der Waals surface area contributed by atoms with E-state index in [1.54, 1.807) is 6.20 Å². The zero-order chi connectivity index (χ0) is 13.5. The number of aryl methyl sites for hydroxylation is 1. The van der Waals surface area contributed by atoms with Crippen LogP contribution in [-0.4, -0.2) is 22.2 Å². The van der Waals surface area contributed by atoms with E-state index in [9.17, 15) is 9.59 Å². The second-order valence-electron chi connectivity index (χ2n) is 3.90. The molecule has 1 heterocycles. The van der Waals surface area contributed by atoms with Crippen LogP contribution in [0.4, 0.5) is 5.69 Å². The van der Waals surface area contributed by atoms with Gasteiger partial charge in [-0.1, -0.05) is 13.3 Å². The Morgan fingerprint density at radius 1 is 1.61 bits per heavy atom. The zero-order valence-corrected chi connectivity index (χ0v) is 11.9. The average molecular weight is 317 g/mol. The van der Waals surface area contributed by atoms with Crippen molar-refractivity contribution in [2.75, 3.05) is 11.9 Å². The molecule has 0 saturated heterocycles. The molecule has 1 amide bonds. The second kappa shape index (κ2) is 7.15. The molecule has 0 unspecified atom stereocenters. The van der Waals surface area contributed by atoms with Crippen molar-refractivity contribution in [2.24, 2.45) is 5.73 Å². The Balaban J connectivity index is 2.74. The van der Waals surface area contributed by atoms with Crippen LogP contribution in [0, 0.1) is 0 Å². The van der Waals surface area contributed by atoms with Gasteiger partial charge in [0.1, 0.15) is 4.47 Å². The fourth-order valence-electron chi connectivity index (χ4n) is 1.38. The number of nitrogens with zero attached hydrogens (tertiary/aromatic N) is 2. The predicted molar refractivity (Wildman–Crippen MR) is 73.4 cm³/mol. The van der Waals surface area contributed by atoms with Gasteiger partial charge in [0.25, 0.3) is 5.56 Å². The molecule has 0 spiro atoms. The van der Waals surface area contributed by atoms with E-state index in [4.69, 9.17) is 5.73 Å². The maximum absolute atomic E-state index is 11.9. The predicted octanol–water partition coefficient (Wildman–Crippen LogP) is 1.09. The molecule has 100 valence electrons. The molecular formula is C11H17BrN4O2. The first-order valence-electron chi connectivity index (χ1n) is 5.84. The summed E-state index contributed by atoms with van der Waals surface area (Å²) >= 11 is 3.24. The molecule has 0 aliphatic carbocycles. The van der Waals surface area contributed by atoms with Crippen LogP contribution in [0.25, 0.3) is 0 Å². The van der Waals surface area contributed by atoms with Crippen LogP contribution in [0.2, 0.25) is 0 Å². The molecule has 0 aromatic carbocycles. The molecular weight excluding hydrogens is 300 g/mol. The minimum atomic E-state index is -0.386. The third-order valence-corrected chi connectivity index (χ3v) is 3.16. The fraction of sp³-hybridized carbons (Fsp3) is 0.545. The van der Waals surface area contributed by atoms with Crippen LogP contribution < -0.4 is 16.6 Å². The van der Waals surface area contributed by atoms with Crippen molar-refractivity contribution in [2.45, 2.75) is 32.7 Å². The molecule has 1 rings (SSSR count). The van der Waals surface area contributed by atoms with Crippen LogP contribution in [0.3, 0.4) is 0 Å². The van der Waals surface area contributed by atoms with Gasteiger partial charge in [0.15, 0.2) is 0 Å². The molecule has 0 saturated carbocycles. The summed E-state index contributed by atoms with van der Waals surface area (Å²) in [6.07, 6.45) is 3.70. The lowest BCUT2D eigenvalue weighted by Gasteiger charge is -2.09. The van der Waals surface area contributed by atoms with Crippen molar-refractivity contribution in [1.29, 1.82) is 0 Å². The first-order chi connectivity index (χ1) is 8.56. The summed E-state index contributed by atoms with van der Waals surface area (Å²) < 4.78 is 1.85. The summed E-state index contributed by atoms with van der Waals surface area (Å²) in [5, 5.41) is 7.01. The largest absolute Gasteiger partial charge is 0.382 e. The number of carbonyl (C=O) groups excluding carboxylic acids is 1. The minimum Gasteiger partial charge on any atom is -0.382 e. The van der Waals surface area contributed by atoms with E-state index >= 15 is 0 Å². The van der Waals surface area contributed by atoms with E-state index in [1.165, 1.54) is 4.68 Å². The number of unbranched alkanes of at least 4 members (excludes halogenated alkanes) is 1. The highest BCUT2D eigenvalue weighted by atomic mass is 79.9. The smallest absolute Gasteiger partial charge is 0.283 e. The van der Waals surface area contributed by atoms with Gasteiger partial charge in [0.05, 0.1) is 11.9 Å². The summed E-state index contributed by atoms with van der Waals surface area (Å²) in [5.74, 6) is -0.386. The summed E-state index contributed by atoms with van der Waals surface area (Å²) in [6, 6.07) is 0. The van der Waals surface area contributed by atoms with Gasteiger partial charge in [0.2, 0.25) is 5.91 Å². The summed E-state index contributed by atoms with van der Waals surface area (Å²) in [4.78, 5) is 22.5. The summed E-state index contributed by atoms with van der Waals surface area (Å²) in [6.45, 7) is 3.05. The quantitative estimate of drug-likeness (QED) is 0.788. The van der Waals surface area contributed by atoms with Crippen LogP contribution in [-0.2, 0) is 11.3 Å². The second-order valence-corrected chi connectivity index (χ2v) is 4.69. The number of primary amides is 1. The summed E-state index contributed by atoms with van der Waals surface area (Å²) in [7, 11) is 0. The third kappa shape index (κ3) is 4.14. The normalized spacial score (nSPS) is 10.3. The van der Waals surface area contributed by atoms with Crippen LogP contribution >= 0.6 is 15.9 Å². The first-order valence-corrected chi connectivity index (χ1v) is 6.63. The van der Waals surface area contributed by atoms with Crippen LogP contribution in [0.15, 0.2) is 15.5 Å². The zero-order valence-electron chi connectivity index (χ0n) is 10.3. The highest BCUT2D eigenvalue weighted by Crippen LogP contribution is 2.15. The Kier molecular flexibility index (Phi) is 5.84. The molecule has 0 bridgehead atoms. The molecule has 0 fully saturated rings. The Bertz CT molecular complexity index is 473. The van der Waals surface area contributed by atoms with Crippen molar-refractivity contribution in [3.05, 3.63) is 21.0 Å². The van der Waals surface area contributed by atoms with E-state index in [1.807, 2.05) is 0 Å². The van der Waals surface area contributed by atoms with Gasteiger partial charge in [0, 0.05) is 19.5 Å². The molecule has 0 aliphatic rings. The average Bonchev–Trinajstić information content (AvgIpc) is 2.33. The number of carbonyl (C=O) groups is 1. The van der Waals surface area contributed by atoms with Gasteiger partial charge in [-0.3, -0.25) is 9.59 Å². The van der Waals surface area contributed by atoms with E-state index in [0.717, 1.165) is 12.8 Å². The van der Waals surface area contributed by atoms with Gasteiger partial charge in [-0.2, -0.15) is 5.10 Å². The third-order valence-electron chi connectivity index (χ3n) is 2.40. The van der Waals surface area contributed by atoms with E-state index < -0.39 is 0 Å². The van der Waals surface area contributed by atoms with Gasteiger partial charge in [-0.25, -0.2) is 4.68 Å². The maximum Gasteiger partial charge on any atom is 0.283 e. The van der Waals surface area contributed by atoms with Gasteiger partial charge in [-0.05, 0) is 22.4 Å². The highest BCUT2D eigenvalue weighted by Gasteiger charge is 2.08. The molecule has 7 heteroatoms. The molecule has 0 aliphatic heterocycles. The Labute approximate surface area is 114 Å². The lowest BCUT2D eigenvalue weighted by Crippen LogP contribution is -2.25. The van der Waals surface area contributed by atoms with Gasteiger partial charge >= 0.3 is 0 Å². The van der Waals surface area contributed by atoms with Crippen molar-refractivity contribution in [3.8, 4) is 0 Å². The molecule has 6 nitrogen and oxygen atoms in total. The minimum absolute atomic E-state index is 0.174. The van der Waals surface area contributed by atoms with Crippen molar-refractivity contribution in [3.63, 3.8) is 0 Å². The number of nitrogens with one attached hydrogen (secondary N) is 1. The number of rotatable bonds is 7. The highest BCUT2D eigenvalue weighted by molar-refractivity contribution is 9.10. The topological polar surface area (TPSA) is 90.0 Å². The maximum atomic E-state index is 11.9. The monoisotopic (exact) mass is 316 g/mol. The van der Waals surface area contributed by atoms with Gasteiger partial charge < -0.3 is 11.1 Å². The Morgan fingerprint density at radius 2 is 2.33 bits per heavy atom. The van der Waals surface area contributed by atoms with E-state index in [0.29, 0.717) is 23.2 Å². The molecule has 18 heavy (non-hydrogen) atoms. The van der Waals surface area contributed by atoms with E-state index in [2.05, 4.69) is 33.3 Å². The number of anilines is 1. The van der Waals surface area contributed by atoms with Crippen molar-refractivity contribution < 1.29 is 4.79 Å². The number of halogens is 1. The number of aromatic nitrogens is 2. The molecule has 0 radical (unpaired) electrons. The molecule has 3 N–H and O–H groups in total. The number of nitrogens with two attached hydrogens (primary N) is 1. The fourth-order valence-corrected chi connectivity index (χ4v) is 1.82. The lowest BCUT2D eigenvalue weighted by atomic mass is 10.3. The van der Waals surface area contributed by atoms with Crippen molar-refractivity contribution in [1.82, 2.24) is 9.78 Å². The number of amides is 1. The lowest BCUT2D eigenvalue weighted by molar-refractivity contribution is -0.117. The first kappa shape index (κ1) is 14.7. The molecule has 0 atom stereocenters. The molecule has 1 aromatic heterocycles. The van der Waals surface area contributed by atoms with E-state index in [-0.39, 0.29) is 17.9 Å². The summed E-state index contributed by atoms with van der Waals surface area (Å²) in [5.41, 5.74) is 5.44. The SMILES string of the molecule is CCCCn1ncc(NCCC(N)=O)c(Br)c1=O. The van der Waals surface area contributed by atoms with Crippen LogP contribution in [0.5, 0.6) is 0 Å². The van der Waals surface area contributed by atoms with Crippen molar-refractivity contribution >= 4 is 27.5 Å². The Morgan fingerprint density at radius 3 is 2.94 bits per heavy atom. The molecule has 1 aromatic rings. The standard InChI is InChI=1S/C11H17BrN4O2/c1-2-3-6-16-11(18)10(12)8(7-15-16)14-5-4-9(13)17/h7,14H,2-6H2,1H3,(H2,13,17). The number of hydrogen-bond acceptors (Lipinski definition) is 4. The van der Waals surface area contributed by atoms with Crippen LogP contribution in [0.1, 0.15) is 26.2 Å². The van der Waals surface area contributed by atoms with Gasteiger partial charge in [-0.15, -0.1) is 0 Å². The Hall–Kier alpha value is -1.37. The number of hydrogen-bond donors (Lipinski definition) is 2.